The Hall–Kier alpha value is -3.31. The molecule has 184 valence electrons. The van der Waals surface area contributed by atoms with Crippen LogP contribution >= 0.6 is 11.6 Å². The summed E-state index contributed by atoms with van der Waals surface area (Å²) in [5, 5.41) is 3.62. The van der Waals surface area contributed by atoms with Crippen molar-refractivity contribution in [1.29, 1.82) is 0 Å². The molecule has 5 nitrogen and oxygen atoms in total. The summed E-state index contributed by atoms with van der Waals surface area (Å²) in [6.45, 7) is 6.58. The van der Waals surface area contributed by atoms with E-state index in [1.807, 2.05) is 75.4 Å². The van der Waals surface area contributed by atoms with E-state index in [1.54, 1.807) is 23.1 Å². The first-order valence-corrected chi connectivity index (χ1v) is 12.3. The predicted octanol–water partition coefficient (Wildman–Crippen LogP) is 5.50. The maximum atomic E-state index is 13.5. The fourth-order valence-corrected chi connectivity index (χ4v) is 3.86. The van der Waals surface area contributed by atoms with Gasteiger partial charge in [0.05, 0.1) is 0 Å². The van der Waals surface area contributed by atoms with E-state index in [-0.39, 0.29) is 18.4 Å². The number of hydrogen-bond acceptors (Lipinski definition) is 3. The average molecular weight is 493 g/mol. The first-order valence-electron chi connectivity index (χ1n) is 11.9. The van der Waals surface area contributed by atoms with Crippen LogP contribution in [0.15, 0.2) is 72.8 Å². The summed E-state index contributed by atoms with van der Waals surface area (Å²) in [4.78, 5) is 28.5. The van der Waals surface area contributed by atoms with Crippen molar-refractivity contribution in [1.82, 2.24) is 10.2 Å². The van der Waals surface area contributed by atoms with E-state index in [2.05, 4.69) is 5.32 Å². The van der Waals surface area contributed by atoms with Crippen molar-refractivity contribution in [2.75, 3.05) is 13.2 Å². The number of nitrogens with one attached hydrogen (secondary N) is 1. The highest BCUT2D eigenvalue weighted by atomic mass is 35.5. The molecule has 6 heteroatoms. The highest BCUT2D eigenvalue weighted by Gasteiger charge is 2.30. The zero-order valence-corrected chi connectivity index (χ0v) is 21.3. The van der Waals surface area contributed by atoms with E-state index in [9.17, 15) is 9.59 Å². The molecule has 0 aromatic heterocycles. The Morgan fingerprint density at radius 3 is 2.34 bits per heavy atom. The molecule has 1 atom stereocenters. The molecule has 1 N–H and O–H groups in total. The molecule has 2 amide bonds. The molecule has 3 aromatic carbocycles. The normalized spacial score (nSPS) is 11.5. The van der Waals surface area contributed by atoms with Crippen molar-refractivity contribution in [3.63, 3.8) is 0 Å². The minimum Gasteiger partial charge on any atom is -0.484 e. The molecule has 0 fully saturated rings. The number of aryl methyl sites for hydroxylation is 2. The van der Waals surface area contributed by atoms with Gasteiger partial charge in [0, 0.05) is 24.5 Å². The topological polar surface area (TPSA) is 58.6 Å². The van der Waals surface area contributed by atoms with Gasteiger partial charge in [0.15, 0.2) is 6.61 Å². The Kier molecular flexibility index (Phi) is 9.74. The number of amides is 2. The Balaban J connectivity index is 1.88. The lowest BCUT2D eigenvalue weighted by Gasteiger charge is -2.31. The van der Waals surface area contributed by atoms with E-state index < -0.39 is 6.04 Å². The number of nitrogens with zero attached hydrogens (tertiary/aromatic N) is 1. The van der Waals surface area contributed by atoms with Crippen molar-refractivity contribution >= 4 is 23.4 Å². The third kappa shape index (κ3) is 7.86. The first-order chi connectivity index (χ1) is 16.9. The van der Waals surface area contributed by atoms with Crippen molar-refractivity contribution in [3.8, 4) is 5.75 Å². The van der Waals surface area contributed by atoms with Gasteiger partial charge in [0.25, 0.3) is 5.91 Å². The molecule has 0 aliphatic heterocycles. The van der Waals surface area contributed by atoms with Crippen LogP contribution in [-0.2, 0) is 22.6 Å². The smallest absolute Gasteiger partial charge is 0.261 e. The van der Waals surface area contributed by atoms with E-state index in [4.69, 9.17) is 16.3 Å². The molecule has 0 aliphatic carbocycles. The predicted molar refractivity (Wildman–Crippen MR) is 141 cm³/mol. The van der Waals surface area contributed by atoms with Crippen molar-refractivity contribution < 1.29 is 14.3 Å². The van der Waals surface area contributed by atoms with Gasteiger partial charge in [-0.2, -0.15) is 0 Å². The van der Waals surface area contributed by atoms with Crippen LogP contribution in [0.5, 0.6) is 5.75 Å². The molecule has 0 heterocycles. The number of carbonyl (C=O) groups is 2. The van der Waals surface area contributed by atoms with Gasteiger partial charge in [-0.15, -0.1) is 0 Å². The lowest BCUT2D eigenvalue weighted by atomic mass is 10.0. The Morgan fingerprint density at radius 2 is 1.69 bits per heavy atom. The molecular formula is C29H33ClN2O3. The molecular weight excluding hydrogens is 460 g/mol. The summed E-state index contributed by atoms with van der Waals surface area (Å²) in [7, 11) is 0. The van der Waals surface area contributed by atoms with Gasteiger partial charge in [-0.3, -0.25) is 9.59 Å². The first kappa shape index (κ1) is 26.3. The fourth-order valence-electron chi connectivity index (χ4n) is 3.75. The quantitative estimate of drug-likeness (QED) is 0.384. The second-order valence-electron chi connectivity index (χ2n) is 8.70. The summed E-state index contributed by atoms with van der Waals surface area (Å²) < 4.78 is 5.82. The number of ether oxygens (including phenoxy) is 1. The molecule has 0 aliphatic rings. The SMILES string of the molecule is CCCNC(=O)C(Cc1ccccc1)N(Cc1ccc(C)cc1)C(=O)COc1ccc(Cl)c(C)c1. The van der Waals surface area contributed by atoms with E-state index in [1.165, 1.54) is 0 Å². The Labute approximate surface area is 213 Å². The van der Waals surface area contributed by atoms with Crippen LogP contribution in [0.4, 0.5) is 0 Å². The van der Waals surface area contributed by atoms with Crippen molar-refractivity contribution in [2.24, 2.45) is 0 Å². The highest BCUT2D eigenvalue weighted by molar-refractivity contribution is 6.31. The summed E-state index contributed by atoms with van der Waals surface area (Å²) in [6, 6.07) is 22.4. The number of halogens is 1. The molecule has 0 saturated heterocycles. The number of carbonyl (C=O) groups excluding carboxylic acids is 2. The zero-order valence-electron chi connectivity index (χ0n) is 20.6. The molecule has 35 heavy (non-hydrogen) atoms. The van der Waals surface area contributed by atoms with Gasteiger partial charge in [-0.25, -0.2) is 0 Å². The van der Waals surface area contributed by atoms with E-state index >= 15 is 0 Å². The number of rotatable bonds is 11. The van der Waals surface area contributed by atoms with Crippen LogP contribution in [0.2, 0.25) is 5.02 Å². The monoisotopic (exact) mass is 492 g/mol. The van der Waals surface area contributed by atoms with Crippen LogP contribution < -0.4 is 10.1 Å². The maximum Gasteiger partial charge on any atom is 0.261 e. The van der Waals surface area contributed by atoms with Crippen molar-refractivity contribution in [2.45, 2.75) is 46.2 Å². The van der Waals surface area contributed by atoms with Crippen LogP contribution in [0, 0.1) is 13.8 Å². The molecule has 0 saturated carbocycles. The van der Waals surface area contributed by atoms with Crippen molar-refractivity contribution in [3.05, 3.63) is 100 Å². The fraction of sp³-hybridized carbons (Fsp3) is 0.310. The molecule has 1 unspecified atom stereocenters. The van der Waals surface area contributed by atoms with Gasteiger partial charge in [0.2, 0.25) is 5.91 Å². The van der Waals surface area contributed by atoms with Gasteiger partial charge < -0.3 is 15.0 Å². The third-order valence-corrected chi connectivity index (χ3v) is 6.21. The third-order valence-electron chi connectivity index (χ3n) is 5.79. The maximum absolute atomic E-state index is 13.5. The van der Waals surface area contributed by atoms with Gasteiger partial charge in [-0.1, -0.05) is 78.7 Å². The van der Waals surface area contributed by atoms with Gasteiger partial charge in [0.1, 0.15) is 11.8 Å². The largest absolute Gasteiger partial charge is 0.484 e. The summed E-state index contributed by atoms with van der Waals surface area (Å²) in [6.07, 6.45) is 1.22. The molecule has 3 rings (SSSR count). The van der Waals surface area contributed by atoms with Gasteiger partial charge in [-0.05, 0) is 55.2 Å². The molecule has 0 spiro atoms. The van der Waals surface area contributed by atoms with Crippen LogP contribution in [0.25, 0.3) is 0 Å². The minimum absolute atomic E-state index is 0.168. The second-order valence-corrected chi connectivity index (χ2v) is 9.11. The Morgan fingerprint density at radius 1 is 0.971 bits per heavy atom. The molecule has 3 aromatic rings. The molecule has 0 bridgehead atoms. The lowest BCUT2D eigenvalue weighted by molar-refractivity contribution is -0.142. The van der Waals surface area contributed by atoms with Gasteiger partial charge >= 0.3 is 0 Å². The Bertz CT molecular complexity index is 1120. The number of benzene rings is 3. The molecule has 0 radical (unpaired) electrons. The average Bonchev–Trinajstić information content (AvgIpc) is 2.87. The highest BCUT2D eigenvalue weighted by Crippen LogP contribution is 2.22. The standard InChI is InChI=1S/C29H33ClN2O3/c1-4-16-31-29(34)27(18-23-8-6-5-7-9-23)32(19-24-12-10-21(2)11-13-24)28(33)20-35-25-14-15-26(30)22(3)17-25/h5-15,17,27H,4,16,18-20H2,1-3H3,(H,31,34). The van der Waals surface area contributed by atoms with Crippen LogP contribution in [0.3, 0.4) is 0 Å². The summed E-state index contributed by atoms with van der Waals surface area (Å²) >= 11 is 6.12. The zero-order chi connectivity index (χ0) is 25.2. The van der Waals surface area contributed by atoms with E-state index in [0.29, 0.717) is 30.3 Å². The van der Waals surface area contributed by atoms with Crippen LogP contribution in [-0.4, -0.2) is 35.9 Å². The lowest BCUT2D eigenvalue weighted by Crippen LogP contribution is -2.51. The summed E-state index contributed by atoms with van der Waals surface area (Å²) in [5.41, 5.74) is 3.94. The second kappa shape index (κ2) is 13.0. The van der Waals surface area contributed by atoms with Crippen LogP contribution in [0.1, 0.15) is 35.6 Å². The number of hydrogen-bond donors (Lipinski definition) is 1. The minimum atomic E-state index is -0.673. The van der Waals surface area contributed by atoms with E-state index in [0.717, 1.165) is 28.7 Å². The summed E-state index contributed by atoms with van der Waals surface area (Å²) in [5.74, 6) is 0.134.